The summed E-state index contributed by atoms with van der Waals surface area (Å²) < 4.78 is 5.28. The molecule has 2 N–H and O–H groups in total. The third-order valence-corrected chi connectivity index (χ3v) is 4.68. The molecule has 0 radical (unpaired) electrons. The highest BCUT2D eigenvalue weighted by Gasteiger charge is 2.30. The smallest absolute Gasteiger partial charge is 0.229 e. The highest BCUT2D eigenvalue weighted by molar-refractivity contribution is 4.93. The predicted octanol–water partition coefficient (Wildman–Crippen LogP) is 1.19. The SMILES string of the molecule is CC(C)c1nc(CN2CCC(N3CCC(N)CC3)C2)no1. The first-order chi connectivity index (χ1) is 10.1. The fourth-order valence-electron chi connectivity index (χ4n) is 3.30. The van der Waals surface area contributed by atoms with Gasteiger partial charge in [-0.2, -0.15) is 4.98 Å². The van der Waals surface area contributed by atoms with Gasteiger partial charge in [0.1, 0.15) is 0 Å². The average molecular weight is 293 g/mol. The molecule has 0 aromatic carbocycles. The Morgan fingerprint density at radius 3 is 2.67 bits per heavy atom. The highest BCUT2D eigenvalue weighted by Crippen LogP contribution is 2.21. The summed E-state index contributed by atoms with van der Waals surface area (Å²) in [4.78, 5) is 9.52. The Morgan fingerprint density at radius 1 is 1.24 bits per heavy atom. The van der Waals surface area contributed by atoms with E-state index in [4.69, 9.17) is 10.3 Å². The minimum absolute atomic E-state index is 0.301. The largest absolute Gasteiger partial charge is 0.339 e. The van der Waals surface area contributed by atoms with Crippen molar-refractivity contribution in [3.05, 3.63) is 11.7 Å². The van der Waals surface area contributed by atoms with Gasteiger partial charge in [-0.3, -0.25) is 9.80 Å². The maximum atomic E-state index is 5.99. The van der Waals surface area contributed by atoms with E-state index in [-0.39, 0.29) is 0 Å². The molecule has 0 spiro atoms. The van der Waals surface area contributed by atoms with Crippen molar-refractivity contribution in [1.82, 2.24) is 19.9 Å². The van der Waals surface area contributed by atoms with Gasteiger partial charge < -0.3 is 10.3 Å². The van der Waals surface area contributed by atoms with Crippen molar-refractivity contribution in [1.29, 1.82) is 0 Å². The Morgan fingerprint density at radius 2 is 2.00 bits per heavy atom. The van der Waals surface area contributed by atoms with Crippen molar-refractivity contribution in [3.8, 4) is 0 Å². The predicted molar refractivity (Wildman–Crippen MR) is 80.9 cm³/mol. The first-order valence-electron chi connectivity index (χ1n) is 8.16. The number of rotatable bonds is 4. The Kier molecular flexibility index (Phi) is 4.57. The number of hydrogen-bond acceptors (Lipinski definition) is 6. The van der Waals surface area contributed by atoms with Gasteiger partial charge in [0.25, 0.3) is 0 Å². The van der Waals surface area contributed by atoms with E-state index in [1.54, 1.807) is 0 Å². The van der Waals surface area contributed by atoms with Crippen LogP contribution < -0.4 is 5.73 Å². The molecule has 6 nitrogen and oxygen atoms in total. The van der Waals surface area contributed by atoms with Crippen molar-refractivity contribution in [2.75, 3.05) is 26.2 Å². The van der Waals surface area contributed by atoms with Crippen LogP contribution in [0.5, 0.6) is 0 Å². The number of nitrogens with two attached hydrogens (primary N) is 1. The van der Waals surface area contributed by atoms with Crippen LogP contribution in [0.4, 0.5) is 0 Å². The van der Waals surface area contributed by atoms with Crippen LogP contribution >= 0.6 is 0 Å². The van der Waals surface area contributed by atoms with Crippen LogP contribution in [0.15, 0.2) is 4.52 Å². The third kappa shape index (κ3) is 3.62. The maximum absolute atomic E-state index is 5.99. The molecule has 1 aromatic rings. The monoisotopic (exact) mass is 293 g/mol. The number of hydrogen-bond donors (Lipinski definition) is 1. The van der Waals surface area contributed by atoms with Crippen molar-refractivity contribution in [2.45, 2.75) is 57.7 Å². The van der Waals surface area contributed by atoms with Crippen molar-refractivity contribution in [2.24, 2.45) is 5.73 Å². The second-order valence-electron chi connectivity index (χ2n) is 6.75. The van der Waals surface area contributed by atoms with Crippen LogP contribution in [0.3, 0.4) is 0 Å². The molecule has 3 rings (SSSR count). The Hall–Kier alpha value is -0.980. The van der Waals surface area contributed by atoms with E-state index in [9.17, 15) is 0 Å². The molecule has 1 atom stereocenters. The van der Waals surface area contributed by atoms with Crippen LogP contribution in [-0.2, 0) is 6.54 Å². The summed E-state index contributed by atoms with van der Waals surface area (Å²) in [7, 11) is 0. The average Bonchev–Trinajstić information content (AvgIpc) is 3.10. The Bertz CT molecular complexity index is 453. The van der Waals surface area contributed by atoms with Gasteiger partial charge in [0.2, 0.25) is 5.89 Å². The Balaban J connectivity index is 1.50. The minimum Gasteiger partial charge on any atom is -0.339 e. The van der Waals surface area contributed by atoms with Crippen LogP contribution in [0, 0.1) is 0 Å². The molecular weight excluding hydrogens is 266 g/mol. The number of aromatic nitrogens is 2. The van der Waals surface area contributed by atoms with E-state index >= 15 is 0 Å². The molecule has 1 aromatic heterocycles. The summed E-state index contributed by atoms with van der Waals surface area (Å²) in [5.74, 6) is 1.86. The summed E-state index contributed by atoms with van der Waals surface area (Å²) in [6, 6.07) is 1.08. The van der Waals surface area contributed by atoms with Gasteiger partial charge in [0.15, 0.2) is 5.82 Å². The van der Waals surface area contributed by atoms with Gasteiger partial charge in [-0.15, -0.1) is 0 Å². The van der Waals surface area contributed by atoms with E-state index in [1.807, 2.05) is 0 Å². The highest BCUT2D eigenvalue weighted by atomic mass is 16.5. The lowest BCUT2D eigenvalue weighted by atomic mass is 10.0. The number of likely N-dealkylation sites (tertiary alicyclic amines) is 2. The molecule has 2 aliphatic heterocycles. The lowest BCUT2D eigenvalue weighted by molar-refractivity contribution is 0.151. The summed E-state index contributed by atoms with van der Waals surface area (Å²) in [5.41, 5.74) is 5.99. The summed E-state index contributed by atoms with van der Waals surface area (Å²) in [6.07, 6.45) is 3.52. The molecule has 2 aliphatic rings. The summed E-state index contributed by atoms with van der Waals surface area (Å²) in [5, 5.41) is 4.09. The molecule has 0 saturated carbocycles. The fraction of sp³-hybridized carbons (Fsp3) is 0.867. The van der Waals surface area contributed by atoms with Gasteiger partial charge in [-0.05, 0) is 32.4 Å². The molecule has 0 bridgehead atoms. The topological polar surface area (TPSA) is 71.4 Å². The molecule has 118 valence electrons. The van der Waals surface area contributed by atoms with Crippen LogP contribution in [0.1, 0.15) is 50.7 Å². The first-order valence-corrected chi connectivity index (χ1v) is 8.16. The summed E-state index contributed by atoms with van der Waals surface area (Å²) >= 11 is 0. The van der Waals surface area contributed by atoms with Crippen molar-refractivity contribution in [3.63, 3.8) is 0 Å². The van der Waals surface area contributed by atoms with Crippen LogP contribution in [-0.4, -0.2) is 58.2 Å². The van der Waals surface area contributed by atoms with E-state index in [1.165, 1.54) is 6.42 Å². The first kappa shape index (κ1) is 14.9. The van der Waals surface area contributed by atoms with Crippen molar-refractivity contribution < 1.29 is 4.52 Å². The zero-order chi connectivity index (χ0) is 14.8. The molecule has 2 fully saturated rings. The normalized spacial score (nSPS) is 26.0. The van der Waals surface area contributed by atoms with Crippen molar-refractivity contribution >= 4 is 0 Å². The maximum Gasteiger partial charge on any atom is 0.229 e. The lowest BCUT2D eigenvalue weighted by Crippen LogP contribution is -2.46. The van der Waals surface area contributed by atoms with Gasteiger partial charge in [-0.25, -0.2) is 0 Å². The minimum atomic E-state index is 0.301. The zero-order valence-electron chi connectivity index (χ0n) is 13.2. The molecule has 3 heterocycles. The van der Waals surface area contributed by atoms with Gasteiger partial charge >= 0.3 is 0 Å². The molecule has 0 amide bonds. The van der Waals surface area contributed by atoms with E-state index in [0.717, 1.165) is 57.3 Å². The zero-order valence-corrected chi connectivity index (χ0v) is 13.2. The molecule has 6 heteroatoms. The van der Waals surface area contributed by atoms with Crippen LogP contribution in [0.2, 0.25) is 0 Å². The lowest BCUT2D eigenvalue weighted by Gasteiger charge is -2.34. The van der Waals surface area contributed by atoms with E-state index < -0.39 is 0 Å². The molecular formula is C15H27N5O. The fourth-order valence-corrected chi connectivity index (χ4v) is 3.30. The standard InChI is InChI=1S/C15H27N5O/c1-11(2)15-17-14(18-21-15)10-19-6-5-13(9-19)20-7-3-12(16)4-8-20/h11-13H,3-10,16H2,1-2H3. The molecule has 0 aliphatic carbocycles. The molecule has 2 saturated heterocycles. The van der Waals surface area contributed by atoms with Crippen LogP contribution in [0.25, 0.3) is 0 Å². The summed E-state index contributed by atoms with van der Waals surface area (Å²) in [6.45, 7) is 9.49. The second kappa shape index (κ2) is 6.42. The molecule has 1 unspecified atom stereocenters. The van der Waals surface area contributed by atoms with Gasteiger partial charge in [-0.1, -0.05) is 19.0 Å². The second-order valence-corrected chi connectivity index (χ2v) is 6.75. The van der Waals surface area contributed by atoms with Gasteiger partial charge in [0.05, 0.1) is 6.54 Å². The third-order valence-electron chi connectivity index (χ3n) is 4.68. The quantitative estimate of drug-likeness (QED) is 0.899. The number of piperidine rings is 1. The van der Waals surface area contributed by atoms with E-state index in [2.05, 4.69) is 33.8 Å². The number of nitrogens with zero attached hydrogens (tertiary/aromatic N) is 4. The Labute approximate surface area is 126 Å². The van der Waals surface area contributed by atoms with E-state index in [0.29, 0.717) is 18.0 Å². The molecule has 21 heavy (non-hydrogen) atoms. The van der Waals surface area contributed by atoms with Gasteiger partial charge in [0, 0.05) is 31.1 Å².